The van der Waals surface area contributed by atoms with Crippen molar-refractivity contribution in [3.63, 3.8) is 0 Å². The number of aromatic nitrogens is 1. The molecule has 0 bridgehead atoms. The Hall–Kier alpha value is -3.62. The van der Waals surface area contributed by atoms with Crippen LogP contribution in [0.5, 0.6) is 0 Å². The van der Waals surface area contributed by atoms with E-state index in [4.69, 9.17) is 0 Å². The molecule has 3 rings (SSSR count). The second kappa shape index (κ2) is 7.55. The molecule has 0 saturated heterocycles. The maximum atomic E-state index is 12.9. The van der Waals surface area contributed by atoms with Crippen LogP contribution >= 0.6 is 0 Å². The van der Waals surface area contributed by atoms with E-state index >= 15 is 0 Å². The molecule has 9 heteroatoms. The minimum absolute atomic E-state index is 0.0269. The number of carbonyl (C=O) groups excluding carboxylic acids is 1. The van der Waals surface area contributed by atoms with Gasteiger partial charge >= 0.3 is 6.18 Å². The third-order valence-electron chi connectivity index (χ3n) is 3.79. The zero-order valence-corrected chi connectivity index (χ0v) is 14.1. The molecule has 0 aliphatic carbocycles. The molecule has 3 aromatic rings. The number of carbonyl (C=O) groups is 1. The number of anilines is 1. The quantitative estimate of drug-likeness (QED) is 0.526. The van der Waals surface area contributed by atoms with E-state index in [1.807, 2.05) is 0 Å². The summed E-state index contributed by atoms with van der Waals surface area (Å²) in [5.74, 6) is -1.07. The summed E-state index contributed by atoms with van der Waals surface area (Å²) in [6.45, 7) is 0. The van der Waals surface area contributed by atoms with Gasteiger partial charge in [0.1, 0.15) is 5.82 Å². The van der Waals surface area contributed by atoms with Gasteiger partial charge in [0.25, 0.3) is 11.5 Å². The summed E-state index contributed by atoms with van der Waals surface area (Å²) in [4.78, 5) is 24.3. The third kappa shape index (κ3) is 4.37. The summed E-state index contributed by atoms with van der Waals surface area (Å²) in [6, 6.07) is 11.7. The molecule has 144 valence electrons. The number of alkyl halides is 3. The number of halogens is 4. The fourth-order valence-corrected chi connectivity index (χ4v) is 2.39. The van der Waals surface area contributed by atoms with Crippen molar-refractivity contribution >= 4 is 11.6 Å². The van der Waals surface area contributed by atoms with Crippen molar-refractivity contribution in [2.24, 2.45) is 0 Å². The normalized spacial score (nSPS) is 11.1. The number of hydrogen-bond acceptors (Lipinski definition) is 3. The molecule has 0 radical (unpaired) electrons. The van der Waals surface area contributed by atoms with E-state index in [1.54, 1.807) is 0 Å². The second-order valence-corrected chi connectivity index (χ2v) is 5.76. The van der Waals surface area contributed by atoms with E-state index in [-0.39, 0.29) is 11.3 Å². The van der Waals surface area contributed by atoms with Crippen LogP contribution in [0, 0.1) is 5.82 Å². The summed E-state index contributed by atoms with van der Waals surface area (Å²) in [7, 11) is 0. The van der Waals surface area contributed by atoms with Gasteiger partial charge in [0.2, 0.25) is 0 Å². The van der Waals surface area contributed by atoms with E-state index < -0.39 is 29.0 Å². The van der Waals surface area contributed by atoms with Crippen LogP contribution in [0.15, 0.2) is 71.7 Å². The Balaban J connectivity index is 1.84. The Labute approximate surface area is 156 Å². The maximum absolute atomic E-state index is 12.9. The SMILES string of the molecule is O=C(NNc1ccc(F)cc1)c1ccc(=O)n(-c2cccc(C(F)(F)F)c2)c1. The number of benzene rings is 2. The van der Waals surface area contributed by atoms with E-state index in [2.05, 4.69) is 10.9 Å². The maximum Gasteiger partial charge on any atom is 0.416 e. The molecule has 2 aromatic carbocycles. The molecular formula is C19H13F4N3O2. The third-order valence-corrected chi connectivity index (χ3v) is 3.79. The number of nitrogens with one attached hydrogen (secondary N) is 2. The van der Waals surface area contributed by atoms with Crippen LogP contribution < -0.4 is 16.4 Å². The average Bonchev–Trinajstić information content (AvgIpc) is 2.67. The Morgan fingerprint density at radius 2 is 1.68 bits per heavy atom. The number of hydrogen-bond donors (Lipinski definition) is 2. The Bertz CT molecular complexity index is 1060. The van der Waals surface area contributed by atoms with Gasteiger partial charge in [0, 0.05) is 18.0 Å². The van der Waals surface area contributed by atoms with Crippen molar-refractivity contribution in [1.82, 2.24) is 9.99 Å². The standard InChI is InChI=1S/C19H13F4N3O2/c20-14-5-7-15(8-6-14)24-25-18(28)12-4-9-17(27)26(11-12)16-3-1-2-13(10-16)19(21,22)23/h1-11,24H,(H,25,28). The summed E-state index contributed by atoms with van der Waals surface area (Å²) < 4.78 is 52.5. The van der Waals surface area contributed by atoms with Gasteiger partial charge < -0.3 is 0 Å². The molecular weight excluding hydrogens is 378 g/mol. The van der Waals surface area contributed by atoms with Gasteiger partial charge in [-0.2, -0.15) is 13.2 Å². The lowest BCUT2D eigenvalue weighted by atomic mass is 10.2. The molecule has 0 aliphatic heterocycles. The highest BCUT2D eigenvalue weighted by molar-refractivity contribution is 5.94. The van der Waals surface area contributed by atoms with Crippen LogP contribution in [-0.2, 0) is 6.18 Å². The lowest BCUT2D eigenvalue weighted by Gasteiger charge is -2.12. The van der Waals surface area contributed by atoms with Crippen molar-refractivity contribution in [3.05, 3.63) is 94.2 Å². The number of amides is 1. The van der Waals surface area contributed by atoms with Crippen molar-refractivity contribution in [2.45, 2.75) is 6.18 Å². The highest BCUT2D eigenvalue weighted by atomic mass is 19.4. The van der Waals surface area contributed by atoms with E-state index in [0.717, 1.165) is 29.0 Å². The van der Waals surface area contributed by atoms with Crippen LogP contribution in [0.4, 0.5) is 23.2 Å². The first-order chi connectivity index (χ1) is 13.2. The molecule has 0 atom stereocenters. The van der Waals surface area contributed by atoms with Crippen LogP contribution in [0.25, 0.3) is 5.69 Å². The summed E-state index contributed by atoms with van der Waals surface area (Å²) in [5, 5.41) is 0. The molecule has 0 aliphatic rings. The number of hydrazine groups is 1. The number of pyridine rings is 1. The van der Waals surface area contributed by atoms with Crippen LogP contribution in [-0.4, -0.2) is 10.5 Å². The fraction of sp³-hybridized carbons (Fsp3) is 0.0526. The Morgan fingerprint density at radius 3 is 2.36 bits per heavy atom. The van der Waals surface area contributed by atoms with Crippen molar-refractivity contribution in [3.8, 4) is 5.69 Å². The van der Waals surface area contributed by atoms with Gasteiger partial charge in [-0.05, 0) is 48.5 Å². The molecule has 1 aromatic heterocycles. The smallest absolute Gasteiger partial charge is 0.298 e. The first-order valence-corrected chi connectivity index (χ1v) is 7.96. The number of rotatable bonds is 4. The van der Waals surface area contributed by atoms with E-state index in [0.29, 0.717) is 5.69 Å². The monoisotopic (exact) mass is 391 g/mol. The molecule has 0 unspecified atom stereocenters. The zero-order valence-electron chi connectivity index (χ0n) is 14.1. The van der Waals surface area contributed by atoms with Gasteiger partial charge in [-0.25, -0.2) is 4.39 Å². The minimum atomic E-state index is -4.56. The van der Waals surface area contributed by atoms with Gasteiger partial charge in [0.05, 0.1) is 16.8 Å². The molecule has 28 heavy (non-hydrogen) atoms. The predicted octanol–water partition coefficient (Wildman–Crippen LogP) is 3.75. The molecule has 2 N–H and O–H groups in total. The Kier molecular flexibility index (Phi) is 5.16. The van der Waals surface area contributed by atoms with Crippen molar-refractivity contribution < 1.29 is 22.4 Å². The average molecular weight is 391 g/mol. The van der Waals surface area contributed by atoms with Gasteiger partial charge in [-0.3, -0.25) is 25.0 Å². The highest BCUT2D eigenvalue weighted by Gasteiger charge is 2.30. The largest absolute Gasteiger partial charge is 0.416 e. The second-order valence-electron chi connectivity index (χ2n) is 5.76. The lowest BCUT2D eigenvalue weighted by Crippen LogP contribution is -2.30. The topological polar surface area (TPSA) is 63.1 Å². The Morgan fingerprint density at radius 1 is 0.964 bits per heavy atom. The van der Waals surface area contributed by atoms with E-state index in [1.165, 1.54) is 42.5 Å². The lowest BCUT2D eigenvalue weighted by molar-refractivity contribution is -0.137. The molecule has 5 nitrogen and oxygen atoms in total. The predicted molar refractivity (Wildman–Crippen MR) is 94.5 cm³/mol. The summed E-state index contributed by atoms with van der Waals surface area (Å²) >= 11 is 0. The van der Waals surface area contributed by atoms with Crippen molar-refractivity contribution in [2.75, 3.05) is 5.43 Å². The molecule has 0 fully saturated rings. The van der Waals surface area contributed by atoms with Crippen LogP contribution in [0.2, 0.25) is 0 Å². The molecule has 0 spiro atoms. The minimum Gasteiger partial charge on any atom is -0.298 e. The number of nitrogens with zero attached hydrogens (tertiary/aromatic N) is 1. The summed E-state index contributed by atoms with van der Waals surface area (Å²) in [6.07, 6.45) is -3.42. The zero-order chi connectivity index (χ0) is 20.3. The molecule has 0 saturated carbocycles. The first kappa shape index (κ1) is 19.2. The van der Waals surface area contributed by atoms with E-state index in [9.17, 15) is 27.2 Å². The molecule has 1 amide bonds. The van der Waals surface area contributed by atoms with Gasteiger partial charge in [0.15, 0.2) is 0 Å². The molecule has 1 heterocycles. The fourth-order valence-electron chi connectivity index (χ4n) is 2.39. The van der Waals surface area contributed by atoms with Crippen molar-refractivity contribution in [1.29, 1.82) is 0 Å². The summed E-state index contributed by atoms with van der Waals surface area (Å²) in [5.41, 5.74) is 3.85. The first-order valence-electron chi connectivity index (χ1n) is 7.96. The van der Waals surface area contributed by atoms with Crippen LogP contribution in [0.3, 0.4) is 0 Å². The van der Waals surface area contributed by atoms with Crippen LogP contribution in [0.1, 0.15) is 15.9 Å². The van der Waals surface area contributed by atoms with Gasteiger partial charge in [-0.1, -0.05) is 6.07 Å². The van der Waals surface area contributed by atoms with Gasteiger partial charge in [-0.15, -0.1) is 0 Å². The highest BCUT2D eigenvalue weighted by Crippen LogP contribution is 2.30.